The highest BCUT2D eigenvalue weighted by molar-refractivity contribution is 5.75. The van der Waals surface area contributed by atoms with Gasteiger partial charge < -0.3 is 25.0 Å². The molecular formula is C23H36N4O3. The fourth-order valence-electron chi connectivity index (χ4n) is 4.72. The number of rotatable bonds is 4. The number of carbonyl (C=O) groups is 1. The smallest absolute Gasteiger partial charge is 0.410 e. The van der Waals surface area contributed by atoms with E-state index in [1.165, 1.54) is 0 Å². The van der Waals surface area contributed by atoms with Crippen molar-refractivity contribution in [2.24, 2.45) is 0 Å². The van der Waals surface area contributed by atoms with E-state index >= 15 is 0 Å². The number of fused-ring (bicyclic) bond motifs is 1. The lowest BCUT2D eigenvalue weighted by atomic mass is 10.0. The van der Waals surface area contributed by atoms with Crippen LogP contribution >= 0.6 is 0 Å². The van der Waals surface area contributed by atoms with Crippen LogP contribution in [0.5, 0.6) is 5.75 Å². The zero-order chi connectivity index (χ0) is 21.6. The summed E-state index contributed by atoms with van der Waals surface area (Å²) < 4.78 is 11.7. The van der Waals surface area contributed by atoms with Crippen molar-refractivity contribution in [3.63, 3.8) is 0 Å². The van der Waals surface area contributed by atoms with Gasteiger partial charge in [-0.05, 0) is 59.1 Å². The summed E-state index contributed by atoms with van der Waals surface area (Å²) in [7, 11) is 1.87. The van der Waals surface area contributed by atoms with Gasteiger partial charge in [0.15, 0.2) is 0 Å². The SMILES string of the molecule is Cc1c(OC2CC2)ccc(N)c1N1CCN2CC[C@@H](N(C)C(=O)OC(C)(C)C)[C@@H]2C1. The van der Waals surface area contributed by atoms with Crippen LogP contribution < -0.4 is 15.4 Å². The van der Waals surface area contributed by atoms with E-state index in [0.29, 0.717) is 6.10 Å². The third-order valence-corrected chi connectivity index (χ3v) is 6.42. The van der Waals surface area contributed by atoms with Crippen LogP contribution in [0.3, 0.4) is 0 Å². The van der Waals surface area contributed by atoms with Crippen LogP contribution in [0.2, 0.25) is 0 Å². The van der Waals surface area contributed by atoms with Gasteiger partial charge in [-0.3, -0.25) is 4.90 Å². The Bertz CT molecular complexity index is 802. The molecule has 0 spiro atoms. The van der Waals surface area contributed by atoms with Crippen LogP contribution in [0.1, 0.15) is 45.6 Å². The lowest BCUT2D eigenvalue weighted by Gasteiger charge is -2.43. The van der Waals surface area contributed by atoms with Gasteiger partial charge >= 0.3 is 6.09 Å². The molecule has 2 aliphatic heterocycles. The molecule has 2 saturated heterocycles. The second kappa shape index (κ2) is 7.84. The van der Waals surface area contributed by atoms with E-state index in [1.807, 2.05) is 40.0 Å². The number of ether oxygens (including phenoxy) is 2. The largest absolute Gasteiger partial charge is 0.490 e. The number of likely N-dealkylation sites (N-methyl/N-ethyl adjacent to an activating group) is 1. The van der Waals surface area contributed by atoms with E-state index in [-0.39, 0.29) is 18.2 Å². The summed E-state index contributed by atoms with van der Waals surface area (Å²) in [6, 6.07) is 4.36. The first-order valence-corrected chi connectivity index (χ1v) is 11.1. The van der Waals surface area contributed by atoms with E-state index in [9.17, 15) is 4.79 Å². The minimum atomic E-state index is -0.490. The summed E-state index contributed by atoms with van der Waals surface area (Å²) in [5.41, 5.74) is 8.92. The second-order valence-electron chi connectivity index (χ2n) is 9.94. The van der Waals surface area contributed by atoms with Crippen LogP contribution in [0.25, 0.3) is 0 Å². The standard InChI is InChI=1S/C23H36N4O3/c1-15-20(29-16-6-7-16)9-8-17(24)21(15)27-13-12-26-11-10-18(19(26)14-27)25(5)22(28)30-23(2,3)4/h8-9,16,18-19H,6-7,10-14,24H2,1-5H3/t18-,19+/m1/s1. The molecule has 0 aromatic heterocycles. The molecule has 0 bridgehead atoms. The maximum atomic E-state index is 12.7. The average Bonchev–Trinajstić information content (AvgIpc) is 3.39. The molecule has 0 unspecified atom stereocenters. The van der Waals surface area contributed by atoms with E-state index in [1.54, 1.807) is 4.90 Å². The Balaban J connectivity index is 1.51. The summed E-state index contributed by atoms with van der Waals surface area (Å²) in [4.78, 5) is 19.3. The van der Waals surface area contributed by atoms with Crippen LogP contribution in [0.15, 0.2) is 12.1 Å². The zero-order valence-electron chi connectivity index (χ0n) is 19.0. The first-order valence-electron chi connectivity index (χ1n) is 11.1. The molecule has 2 N–H and O–H groups in total. The Morgan fingerprint density at radius 3 is 2.57 bits per heavy atom. The van der Waals surface area contributed by atoms with Crippen LogP contribution in [-0.2, 0) is 4.74 Å². The van der Waals surface area contributed by atoms with Gasteiger partial charge in [0, 0.05) is 44.8 Å². The van der Waals surface area contributed by atoms with E-state index in [2.05, 4.69) is 16.7 Å². The number of carbonyl (C=O) groups excluding carboxylic acids is 1. The summed E-state index contributed by atoms with van der Waals surface area (Å²) in [5, 5.41) is 0. The lowest BCUT2D eigenvalue weighted by Crippen LogP contribution is -2.57. The summed E-state index contributed by atoms with van der Waals surface area (Å²) in [5.74, 6) is 0.943. The minimum absolute atomic E-state index is 0.134. The molecular weight excluding hydrogens is 380 g/mol. The normalized spacial score (nSPS) is 24.5. The van der Waals surface area contributed by atoms with E-state index in [0.717, 1.165) is 68.1 Å². The van der Waals surface area contributed by atoms with Crippen molar-refractivity contribution in [1.29, 1.82) is 0 Å². The Kier molecular flexibility index (Phi) is 5.51. The van der Waals surface area contributed by atoms with Crippen molar-refractivity contribution in [3.05, 3.63) is 17.7 Å². The first-order chi connectivity index (χ1) is 14.1. The molecule has 166 valence electrons. The third-order valence-electron chi connectivity index (χ3n) is 6.42. The van der Waals surface area contributed by atoms with Crippen molar-refractivity contribution in [3.8, 4) is 5.75 Å². The van der Waals surface area contributed by atoms with Crippen LogP contribution in [-0.4, -0.2) is 72.9 Å². The van der Waals surface area contributed by atoms with Crippen molar-refractivity contribution >= 4 is 17.5 Å². The summed E-state index contributed by atoms with van der Waals surface area (Å²) >= 11 is 0. The molecule has 1 amide bonds. The number of anilines is 2. The number of nitrogens with zero attached hydrogens (tertiary/aromatic N) is 3. The number of hydrogen-bond acceptors (Lipinski definition) is 6. The van der Waals surface area contributed by atoms with Crippen molar-refractivity contribution in [2.75, 3.05) is 43.9 Å². The Morgan fingerprint density at radius 1 is 1.17 bits per heavy atom. The Hall–Kier alpha value is -2.15. The van der Waals surface area contributed by atoms with Crippen molar-refractivity contribution < 1.29 is 14.3 Å². The molecule has 30 heavy (non-hydrogen) atoms. The molecule has 7 heteroatoms. The topological polar surface area (TPSA) is 71.3 Å². The molecule has 1 aromatic rings. The maximum absolute atomic E-state index is 12.7. The molecule has 3 fully saturated rings. The number of amides is 1. The van der Waals surface area contributed by atoms with Crippen molar-refractivity contribution in [2.45, 2.75) is 70.7 Å². The van der Waals surface area contributed by atoms with Gasteiger partial charge in [0.2, 0.25) is 0 Å². The molecule has 1 saturated carbocycles. The maximum Gasteiger partial charge on any atom is 0.410 e. The molecule has 2 heterocycles. The number of nitrogens with two attached hydrogens (primary N) is 1. The van der Waals surface area contributed by atoms with Gasteiger partial charge in [0.25, 0.3) is 0 Å². The second-order valence-corrected chi connectivity index (χ2v) is 9.94. The van der Waals surface area contributed by atoms with Crippen LogP contribution in [0, 0.1) is 6.92 Å². The third kappa shape index (κ3) is 4.31. The fraction of sp³-hybridized carbons (Fsp3) is 0.696. The van der Waals surface area contributed by atoms with Gasteiger partial charge in [0.05, 0.1) is 23.5 Å². The number of nitrogen functional groups attached to an aromatic ring is 1. The summed E-state index contributed by atoms with van der Waals surface area (Å²) in [6.07, 6.45) is 3.35. The molecule has 7 nitrogen and oxygen atoms in total. The van der Waals surface area contributed by atoms with Gasteiger partial charge in [-0.15, -0.1) is 0 Å². The molecule has 1 aliphatic carbocycles. The minimum Gasteiger partial charge on any atom is -0.490 e. The quantitative estimate of drug-likeness (QED) is 0.760. The predicted molar refractivity (Wildman–Crippen MR) is 119 cm³/mol. The monoisotopic (exact) mass is 416 g/mol. The van der Waals surface area contributed by atoms with Gasteiger partial charge in [-0.2, -0.15) is 0 Å². The molecule has 2 atom stereocenters. The lowest BCUT2D eigenvalue weighted by molar-refractivity contribution is 0.0183. The highest BCUT2D eigenvalue weighted by Gasteiger charge is 2.42. The predicted octanol–water partition coefficient (Wildman–Crippen LogP) is 3.25. The first kappa shape index (κ1) is 21.1. The fourth-order valence-corrected chi connectivity index (χ4v) is 4.72. The highest BCUT2D eigenvalue weighted by Crippen LogP contribution is 2.39. The van der Waals surface area contributed by atoms with Gasteiger partial charge in [-0.1, -0.05) is 0 Å². The van der Waals surface area contributed by atoms with E-state index < -0.39 is 5.60 Å². The number of piperazine rings is 1. The molecule has 3 aliphatic rings. The number of hydrogen-bond donors (Lipinski definition) is 1. The summed E-state index contributed by atoms with van der Waals surface area (Å²) in [6.45, 7) is 11.6. The van der Waals surface area contributed by atoms with Crippen molar-refractivity contribution in [1.82, 2.24) is 9.80 Å². The molecule has 4 rings (SSSR count). The molecule has 1 aromatic carbocycles. The van der Waals surface area contributed by atoms with E-state index in [4.69, 9.17) is 15.2 Å². The number of benzene rings is 1. The Labute approximate surface area is 180 Å². The zero-order valence-corrected chi connectivity index (χ0v) is 19.0. The van der Waals surface area contributed by atoms with Gasteiger partial charge in [-0.25, -0.2) is 4.79 Å². The molecule has 0 radical (unpaired) electrons. The van der Waals surface area contributed by atoms with Crippen LogP contribution in [0.4, 0.5) is 16.2 Å². The Morgan fingerprint density at radius 2 is 1.90 bits per heavy atom. The van der Waals surface area contributed by atoms with Gasteiger partial charge in [0.1, 0.15) is 11.4 Å². The average molecular weight is 417 g/mol. The highest BCUT2D eigenvalue weighted by atomic mass is 16.6.